The van der Waals surface area contributed by atoms with E-state index in [0.29, 0.717) is 13.2 Å². The summed E-state index contributed by atoms with van der Waals surface area (Å²) in [4.78, 5) is 4.29. The van der Waals surface area contributed by atoms with Gasteiger partial charge in [-0.1, -0.05) is 6.92 Å². The van der Waals surface area contributed by atoms with Crippen molar-refractivity contribution in [2.75, 3.05) is 18.5 Å². The zero-order valence-corrected chi connectivity index (χ0v) is 10.3. The maximum Gasteiger partial charge on any atom is 0.169 e. The molecule has 16 heavy (non-hydrogen) atoms. The minimum atomic E-state index is -0.139. The molecule has 0 aliphatic carbocycles. The fourth-order valence-electron chi connectivity index (χ4n) is 1.33. The molecule has 1 atom stereocenters. The highest BCUT2D eigenvalue weighted by molar-refractivity contribution is 5.51. The van der Waals surface area contributed by atoms with Crippen LogP contribution in [0.1, 0.15) is 27.2 Å². The topological polar surface area (TPSA) is 60.2 Å². The number of aromatic nitrogens is 1. The van der Waals surface area contributed by atoms with E-state index in [1.54, 1.807) is 6.20 Å². The second kappa shape index (κ2) is 5.70. The molecular formula is C12H21N3O. The summed E-state index contributed by atoms with van der Waals surface area (Å²) in [5.41, 5.74) is 5.62. The van der Waals surface area contributed by atoms with Crippen LogP contribution >= 0.6 is 0 Å². The van der Waals surface area contributed by atoms with E-state index < -0.39 is 0 Å². The highest BCUT2D eigenvalue weighted by atomic mass is 16.5. The Hall–Kier alpha value is -1.29. The molecule has 4 heteroatoms. The van der Waals surface area contributed by atoms with Crippen LogP contribution in [0.3, 0.4) is 0 Å². The van der Waals surface area contributed by atoms with Gasteiger partial charge in [-0.3, -0.25) is 0 Å². The molecule has 0 bridgehead atoms. The van der Waals surface area contributed by atoms with E-state index in [1.165, 1.54) is 0 Å². The van der Waals surface area contributed by atoms with Gasteiger partial charge < -0.3 is 15.8 Å². The van der Waals surface area contributed by atoms with Crippen molar-refractivity contribution in [2.45, 2.75) is 32.7 Å². The van der Waals surface area contributed by atoms with Crippen LogP contribution in [0.2, 0.25) is 0 Å². The van der Waals surface area contributed by atoms with Crippen LogP contribution in [-0.4, -0.2) is 23.7 Å². The summed E-state index contributed by atoms with van der Waals surface area (Å²) in [6, 6.07) is 3.77. The van der Waals surface area contributed by atoms with Gasteiger partial charge >= 0.3 is 0 Å². The molecule has 0 radical (unpaired) electrons. The lowest BCUT2D eigenvalue weighted by Crippen LogP contribution is -2.42. The number of hydrogen-bond donors (Lipinski definition) is 2. The van der Waals surface area contributed by atoms with Crippen LogP contribution in [0.4, 0.5) is 5.82 Å². The Morgan fingerprint density at radius 3 is 2.81 bits per heavy atom. The lowest BCUT2D eigenvalue weighted by atomic mass is 9.99. The largest absolute Gasteiger partial charge is 0.490 e. The predicted octanol–water partition coefficient (Wildman–Crippen LogP) is 2.02. The highest BCUT2D eigenvalue weighted by Gasteiger charge is 2.21. The third-order valence-electron chi connectivity index (χ3n) is 2.72. The molecule has 1 aromatic heterocycles. The second-order valence-corrected chi connectivity index (χ2v) is 4.03. The first-order chi connectivity index (χ1) is 7.65. The molecular weight excluding hydrogens is 202 g/mol. The number of nitrogens with two attached hydrogens (primary N) is 1. The smallest absolute Gasteiger partial charge is 0.169 e. The Labute approximate surface area is 97.2 Å². The molecule has 1 heterocycles. The number of ether oxygens (including phenoxy) is 1. The molecule has 3 N–H and O–H groups in total. The minimum absolute atomic E-state index is 0.139. The molecule has 1 aromatic rings. The number of nitrogens with zero attached hydrogens (tertiary/aromatic N) is 1. The SMILES string of the molecule is CCOc1cccnc1NC(C)(CC)CN. The van der Waals surface area contributed by atoms with Gasteiger partial charge in [0, 0.05) is 18.3 Å². The molecule has 90 valence electrons. The molecule has 0 aromatic carbocycles. The van der Waals surface area contributed by atoms with Gasteiger partial charge in [0.15, 0.2) is 11.6 Å². The summed E-state index contributed by atoms with van der Waals surface area (Å²) < 4.78 is 5.51. The van der Waals surface area contributed by atoms with E-state index in [-0.39, 0.29) is 5.54 Å². The third kappa shape index (κ3) is 3.10. The predicted molar refractivity (Wildman–Crippen MR) is 66.8 cm³/mol. The lowest BCUT2D eigenvalue weighted by molar-refractivity contribution is 0.339. The molecule has 0 fully saturated rings. The summed E-state index contributed by atoms with van der Waals surface area (Å²) in [5.74, 6) is 1.54. The van der Waals surface area contributed by atoms with Crippen molar-refractivity contribution in [3.05, 3.63) is 18.3 Å². The lowest BCUT2D eigenvalue weighted by Gasteiger charge is -2.29. The average Bonchev–Trinajstić information content (AvgIpc) is 2.32. The monoisotopic (exact) mass is 223 g/mol. The number of pyridine rings is 1. The van der Waals surface area contributed by atoms with Crippen molar-refractivity contribution in [1.82, 2.24) is 4.98 Å². The van der Waals surface area contributed by atoms with Crippen LogP contribution in [0.15, 0.2) is 18.3 Å². The van der Waals surface area contributed by atoms with E-state index in [1.807, 2.05) is 19.1 Å². The van der Waals surface area contributed by atoms with E-state index in [9.17, 15) is 0 Å². The van der Waals surface area contributed by atoms with E-state index in [2.05, 4.69) is 24.1 Å². The first kappa shape index (κ1) is 12.8. The Bertz CT molecular complexity index is 324. The van der Waals surface area contributed by atoms with Crippen molar-refractivity contribution < 1.29 is 4.74 Å². The molecule has 0 aliphatic rings. The Balaban J connectivity index is 2.87. The molecule has 0 aliphatic heterocycles. The molecule has 4 nitrogen and oxygen atoms in total. The quantitative estimate of drug-likeness (QED) is 0.774. The van der Waals surface area contributed by atoms with E-state index >= 15 is 0 Å². The minimum Gasteiger partial charge on any atom is -0.490 e. The summed E-state index contributed by atoms with van der Waals surface area (Å²) in [6.07, 6.45) is 2.68. The standard InChI is InChI=1S/C12H21N3O/c1-4-12(3,9-13)15-11-10(16-5-2)7-6-8-14-11/h6-8H,4-5,9,13H2,1-3H3,(H,14,15). The van der Waals surface area contributed by atoms with Crippen LogP contribution in [0, 0.1) is 0 Å². The Morgan fingerprint density at radius 1 is 1.50 bits per heavy atom. The van der Waals surface area contributed by atoms with Crippen molar-refractivity contribution >= 4 is 5.82 Å². The molecule has 0 spiro atoms. The summed E-state index contributed by atoms with van der Waals surface area (Å²) in [6.45, 7) is 7.33. The molecule has 0 saturated heterocycles. The molecule has 0 amide bonds. The van der Waals surface area contributed by atoms with Gasteiger partial charge in [0.25, 0.3) is 0 Å². The third-order valence-corrected chi connectivity index (χ3v) is 2.72. The Morgan fingerprint density at radius 2 is 2.25 bits per heavy atom. The number of hydrogen-bond acceptors (Lipinski definition) is 4. The van der Waals surface area contributed by atoms with Crippen molar-refractivity contribution in [3.63, 3.8) is 0 Å². The van der Waals surface area contributed by atoms with E-state index in [0.717, 1.165) is 18.0 Å². The van der Waals surface area contributed by atoms with E-state index in [4.69, 9.17) is 10.5 Å². The van der Waals surface area contributed by atoms with Crippen LogP contribution in [0.25, 0.3) is 0 Å². The van der Waals surface area contributed by atoms with Crippen LogP contribution < -0.4 is 15.8 Å². The molecule has 1 unspecified atom stereocenters. The van der Waals surface area contributed by atoms with Gasteiger partial charge in [-0.25, -0.2) is 4.98 Å². The summed E-state index contributed by atoms with van der Waals surface area (Å²) in [7, 11) is 0. The first-order valence-corrected chi connectivity index (χ1v) is 5.71. The molecule has 0 saturated carbocycles. The van der Waals surface area contributed by atoms with Crippen molar-refractivity contribution in [1.29, 1.82) is 0 Å². The van der Waals surface area contributed by atoms with Gasteiger partial charge in [0.2, 0.25) is 0 Å². The van der Waals surface area contributed by atoms with Gasteiger partial charge in [-0.15, -0.1) is 0 Å². The maximum atomic E-state index is 5.76. The van der Waals surface area contributed by atoms with Gasteiger partial charge in [-0.05, 0) is 32.4 Å². The first-order valence-electron chi connectivity index (χ1n) is 5.71. The van der Waals surface area contributed by atoms with Crippen LogP contribution in [0.5, 0.6) is 5.75 Å². The summed E-state index contributed by atoms with van der Waals surface area (Å²) >= 11 is 0. The van der Waals surface area contributed by atoms with Crippen molar-refractivity contribution in [2.24, 2.45) is 5.73 Å². The average molecular weight is 223 g/mol. The fraction of sp³-hybridized carbons (Fsp3) is 0.583. The summed E-state index contributed by atoms with van der Waals surface area (Å²) in [5, 5.41) is 3.35. The number of nitrogens with one attached hydrogen (secondary N) is 1. The van der Waals surface area contributed by atoms with Gasteiger partial charge in [0.1, 0.15) is 0 Å². The van der Waals surface area contributed by atoms with Crippen LogP contribution in [-0.2, 0) is 0 Å². The maximum absolute atomic E-state index is 5.76. The van der Waals surface area contributed by atoms with Crippen molar-refractivity contribution in [3.8, 4) is 5.75 Å². The number of anilines is 1. The second-order valence-electron chi connectivity index (χ2n) is 4.03. The normalized spacial score (nSPS) is 14.2. The zero-order chi connectivity index (χ0) is 12.0. The fourth-order valence-corrected chi connectivity index (χ4v) is 1.33. The number of rotatable bonds is 6. The highest BCUT2D eigenvalue weighted by Crippen LogP contribution is 2.25. The van der Waals surface area contributed by atoms with Gasteiger partial charge in [-0.2, -0.15) is 0 Å². The molecule has 1 rings (SSSR count). The van der Waals surface area contributed by atoms with Gasteiger partial charge in [0.05, 0.1) is 6.61 Å². The Kier molecular flexibility index (Phi) is 4.55. The zero-order valence-electron chi connectivity index (χ0n) is 10.3.